The molecule has 0 aliphatic heterocycles. The van der Waals surface area contributed by atoms with Gasteiger partial charge in [-0.2, -0.15) is 19.0 Å². The minimum atomic E-state index is -3.90. The summed E-state index contributed by atoms with van der Waals surface area (Å²) >= 11 is 6.57. The highest BCUT2D eigenvalue weighted by Gasteiger charge is 2.67. The molecular formula is C37H31ClF6N10O4S. The van der Waals surface area contributed by atoms with Crippen molar-refractivity contribution in [3.8, 4) is 17.2 Å². The molecule has 2 aliphatic carbocycles. The van der Waals surface area contributed by atoms with Crippen LogP contribution in [0.15, 0.2) is 47.3 Å². The second-order valence-corrected chi connectivity index (χ2v) is 16.7. The standard InChI is InChI=1S/C37H31ClF6N10O4S/c1-15-7-16(2)46-34(45-15)23-13-27(56)54(25-6-5-22(38)29-31(25)52(3)50-35(29)51-59(4,57)58)36(48-23)24(10-17-8-18(39)11-19(40)9-17)47-26(55)14-53-32-28(30(49-53)33(41)42)20-12-21(20)37(32,43)44/h5-9,11,13,20-21,24,33H,10,12,14H2,1-4H3,(H,47,55)(H,50,51)/t20?,21?,24-/m0/s1. The van der Waals surface area contributed by atoms with Crippen LogP contribution in [-0.4, -0.2) is 59.7 Å². The molecule has 1 fully saturated rings. The molecule has 8 rings (SSSR count). The van der Waals surface area contributed by atoms with E-state index in [9.17, 15) is 35.6 Å². The van der Waals surface area contributed by atoms with Gasteiger partial charge >= 0.3 is 0 Å². The zero-order chi connectivity index (χ0) is 42.5. The molecule has 2 N–H and O–H groups in total. The van der Waals surface area contributed by atoms with Crippen molar-refractivity contribution in [3.63, 3.8) is 0 Å². The van der Waals surface area contributed by atoms with Crippen molar-refractivity contribution in [2.75, 3.05) is 11.0 Å². The molecule has 14 nitrogen and oxygen atoms in total. The number of rotatable bonds is 11. The molecule has 0 saturated heterocycles. The molecule has 0 radical (unpaired) electrons. The quantitative estimate of drug-likeness (QED) is 0.150. The maximum atomic E-state index is 15.5. The lowest BCUT2D eigenvalue weighted by molar-refractivity contribution is -0.123. The zero-order valence-corrected chi connectivity index (χ0v) is 32.8. The Balaban J connectivity index is 1.33. The summed E-state index contributed by atoms with van der Waals surface area (Å²) in [6.07, 6.45) is -2.80. The first kappa shape index (κ1) is 40.0. The fraction of sp³-hybridized carbons (Fsp3) is 0.324. The summed E-state index contributed by atoms with van der Waals surface area (Å²) < 4.78 is 118. The molecule has 2 unspecified atom stereocenters. The van der Waals surface area contributed by atoms with Gasteiger partial charge in [0.25, 0.3) is 17.9 Å². The van der Waals surface area contributed by atoms with Crippen LogP contribution in [-0.2, 0) is 40.8 Å². The van der Waals surface area contributed by atoms with Crippen molar-refractivity contribution in [3.05, 3.63) is 109 Å². The lowest BCUT2D eigenvalue weighted by Crippen LogP contribution is -2.38. The van der Waals surface area contributed by atoms with Gasteiger partial charge in [0.05, 0.1) is 33.9 Å². The van der Waals surface area contributed by atoms with Crippen LogP contribution in [0.3, 0.4) is 0 Å². The third-order valence-corrected chi connectivity index (χ3v) is 10.9. The second kappa shape index (κ2) is 14.2. The molecule has 1 saturated carbocycles. The number of amides is 1. The summed E-state index contributed by atoms with van der Waals surface area (Å²) in [6, 6.07) is 6.51. The van der Waals surface area contributed by atoms with E-state index in [2.05, 4.69) is 30.2 Å². The molecule has 2 aliphatic rings. The maximum absolute atomic E-state index is 15.5. The summed E-state index contributed by atoms with van der Waals surface area (Å²) in [4.78, 5) is 42.1. The van der Waals surface area contributed by atoms with Gasteiger partial charge in [-0.3, -0.25) is 28.2 Å². The Kier molecular flexibility index (Phi) is 9.60. The van der Waals surface area contributed by atoms with Crippen LogP contribution in [0.1, 0.15) is 64.5 Å². The van der Waals surface area contributed by atoms with Gasteiger partial charge in [0, 0.05) is 48.5 Å². The summed E-state index contributed by atoms with van der Waals surface area (Å²) in [5.41, 5.74) is -1.80. The molecule has 0 spiro atoms. The van der Waals surface area contributed by atoms with Crippen molar-refractivity contribution >= 4 is 44.3 Å². The zero-order valence-electron chi connectivity index (χ0n) is 31.2. The van der Waals surface area contributed by atoms with Gasteiger partial charge in [0.15, 0.2) is 11.6 Å². The largest absolute Gasteiger partial charge is 0.344 e. The summed E-state index contributed by atoms with van der Waals surface area (Å²) in [6.45, 7) is 2.36. The van der Waals surface area contributed by atoms with Crippen molar-refractivity contribution in [1.29, 1.82) is 0 Å². The number of sulfonamides is 1. The van der Waals surface area contributed by atoms with Crippen LogP contribution in [0.5, 0.6) is 0 Å². The number of aromatic nitrogens is 8. The summed E-state index contributed by atoms with van der Waals surface area (Å²) in [5.74, 6) is -9.13. The van der Waals surface area contributed by atoms with E-state index >= 15 is 8.78 Å². The van der Waals surface area contributed by atoms with Gasteiger partial charge in [0.1, 0.15) is 41.1 Å². The Morgan fingerprint density at radius 1 is 1.02 bits per heavy atom. The lowest BCUT2D eigenvalue weighted by atomic mass is 10.0. The highest BCUT2D eigenvalue weighted by atomic mass is 35.5. The van der Waals surface area contributed by atoms with E-state index in [4.69, 9.17) is 16.6 Å². The molecule has 2 aromatic carbocycles. The number of halogens is 7. The van der Waals surface area contributed by atoms with E-state index in [1.165, 1.54) is 23.9 Å². The normalized spacial score (nSPS) is 17.3. The summed E-state index contributed by atoms with van der Waals surface area (Å²) in [5, 5.41) is 10.7. The fourth-order valence-corrected chi connectivity index (χ4v) is 8.58. The first-order chi connectivity index (χ1) is 27.7. The van der Waals surface area contributed by atoms with Crippen LogP contribution in [0, 0.1) is 31.4 Å². The monoisotopic (exact) mass is 860 g/mol. The molecule has 59 heavy (non-hydrogen) atoms. The average molecular weight is 861 g/mol. The average Bonchev–Trinajstić information content (AvgIpc) is 3.66. The van der Waals surface area contributed by atoms with Crippen LogP contribution in [0.4, 0.5) is 32.2 Å². The lowest BCUT2D eigenvalue weighted by Gasteiger charge is -2.24. The van der Waals surface area contributed by atoms with Crippen molar-refractivity contribution in [2.24, 2.45) is 13.0 Å². The third kappa shape index (κ3) is 7.29. The number of anilines is 1. The van der Waals surface area contributed by atoms with Crippen LogP contribution >= 0.6 is 11.6 Å². The Morgan fingerprint density at radius 2 is 1.69 bits per heavy atom. The SMILES string of the molecule is Cc1cc(C)nc(-c2cc(=O)n(-c3ccc(Cl)c4c(NS(C)(=O)=O)nn(C)c34)c([C@H](Cc3cc(F)cc(F)c3)NC(=O)Cn3nc(C(F)F)c4c3C(F)(F)C3CC43)n2)n1. The summed E-state index contributed by atoms with van der Waals surface area (Å²) in [7, 11) is -2.46. The molecule has 0 bridgehead atoms. The van der Waals surface area contributed by atoms with Gasteiger partial charge in [-0.05, 0) is 62.1 Å². The van der Waals surface area contributed by atoms with Gasteiger partial charge in [-0.15, -0.1) is 0 Å². The van der Waals surface area contributed by atoms with Crippen molar-refractivity contribution in [2.45, 2.75) is 57.5 Å². The number of nitrogens with one attached hydrogen (secondary N) is 2. The van der Waals surface area contributed by atoms with Crippen LogP contribution < -0.4 is 15.6 Å². The number of alkyl halides is 4. The smallest absolute Gasteiger partial charge is 0.293 e. The third-order valence-electron chi connectivity index (χ3n) is 10.1. The van der Waals surface area contributed by atoms with E-state index < -0.39 is 87.7 Å². The molecule has 4 heterocycles. The van der Waals surface area contributed by atoms with Gasteiger partial charge in [-0.1, -0.05) is 11.6 Å². The van der Waals surface area contributed by atoms with Crippen molar-refractivity contribution in [1.82, 2.24) is 44.4 Å². The Hall–Kier alpha value is -5.83. The Morgan fingerprint density at radius 3 is 2.34 bits per heavy atom. The van der Waals surface area contributed by atoms with Gasteiger partial charge < -0.3 is 5.32 Å². The number of nitrogens with zero attached hydrogens (tertiary/aromatic N) is 8. The van der Waals surface area contributed by atoms with E-state index in [1.54, 1.807) is 19.9 Å². The van der Waals surface area contributed by atoms with Crippen molar-refractivity contribution < 1.29 is 39.6 Å². The maximum Gasteiger partial charge on any atom is 0.293 e. The first-order valence-corrected chi connectivity index (χ1v) is 20.1. The van der Waals surface area contributed by atoms with E-state index in [0.717, 1.165) is 29.0 Å². The second-order valence-electron chi connectivity index (χ2n) is 14.6. The molecule has 3 atom stereocenters. The number of carbonyl (C=O) groups excluding carboxylic acids is 1. The predicted molar refractivity (Wildman–Crippen MR) is 201 cm³/mol. The Labute approximate surface area is 335 Å². The number of fused-ring (bicyclic) bond motifs is 4. The van der Waals surface area contributed by atoms with E-state index in [1.807, 2.05) is 0 Å². The molecular weight excluding hydrogens is 830 g/mol. The highest BCUT2D eigenvalue weighted by molar-refractivity contribution is 7.92. The van der Waals surface area contributed by atoms with Crippen LogP contribution in [0.2, 0.25) is 5.02 Å². The first-order valence-electron chi connectivity index (χ1n) is 17.8. The number of carbonyl (C=O) groups is 1. The van der Waals surface area contributed by atoms with E-state index in [-0.39, 0.29) is 62.3 Å². The molecule has 308 valence electrons. The Bertz CT molecular complexity index is 2880. The number of hydrogen-bond acceptors (Lipinski definition) is 9. The number of hydrogen-bond donors (Lipinski definition) is 2. The fourth-order valence-electron chi connectivity index (χ4n) is 7.84. The van der Waals surface area contributed by atoms with Crippen LogP contribution in [0.25, 0.3) is 28.1 Å². The molecule has 6 aromatic rings. The minimum Gasteiger partial charge on any atom is -0.344 e. The van der Waals surface area contributed by atoms with Gasteiger partial charge in [0.2, 0.25) is 15.9 Å². The van der Waals surface area contributed by atoms with E-state index in [0.29, 0.717) is 22.1 Å². The number of benzene rings is 2. The highest BCUT2D eigenvalue weighted by Crippen LogP contribution is 2.68. The molecule has 4 aromatic heterocycles. The minimum absolute atomic E-state index is 0.00338. The topological polar surface area (TPSA) is 172 Å². The number of aryl methyl sites for hydroxylation is 3. The molecule has 22 heteroatoms. The van der Waals surface area contributed by atoms with Gasteiger partial charge in [-0.25, -0.2) is 40.9 Å². The molecule has 1 amide bonds. The predicted octanol–water partition coefficient (Wildman–Crippen LogP) is 5.94.